The van der Waals surface area contributed by atoms with E-state index in [1.807, 2.05) is 69.3 Å². The third-order valence-corrected chi connectivity index (χ3v) is 4.97. The lowest BCUT2D eigenvalue weighted by Gasteiger charge is -2.12. The molecule has 1 heterocycles. The number of nitrogens with two attached hydrogens (primary N) is 1. The van der Waals surface area contributed by atoms with E-state index in [-0.39, 0.29) is 11.2 Å². The zero-order valence-electron chi connectivity index (χ0n) is 14.9. The molecule has 1 aromatic heterocycles. The molecule has 0 saturated heterocycles. The summed E-state index contributed by atoms with van der Waals surface area (Å²) in [6.07, 6.45) is 0. The van der Waals surface area contributed by atoms with Gasteiger partial charge in [0.1, 0.15) is 0 Å². The van der Waals surface area contributed by atoms with E-state index in [0.717, 1.165) is 22.4 Å². The van der Waals surface area contributed by atoms with Gasteiger partial charge in [-0.25, -0.2) is 4.68 Å². The van der Waals surface area contributed by atoms with Gasteiger partial charge >= 0.3 is 0 Å². The molecule has 3 aromatic rings. The van der Waals surface area contributed by atoms with Crippen molar-refractivity contribution in [3.05, 3.63) is 59.7 Å². The molecule has 0 saturated carbocycles. The molecule has 0 aliphatic rings. The minimum Gasteiger partial charge on any atom is -0.335 e. The van der Waals surface area contributed by atoms with Gasteiger partial charge in [0.2, 0.25) is 11.1 Å². The Morgan fingerprint density at radius 3 is 2.54 bits per heavy atom. The second-order valence-corrected chi connectivity index (χ2v) is 7.47. The molecular weight excluding hydrogens is 346 g/mol. The minimum absolute atomic E-state index is 0.111. The number of aromatic nitrogens is 3. The van der Waals surface area contributed by atoms with Crippen molar-refractivity contribution < 1.29 is 4.79 Å². The van der Waals surface area contributed by atoms with Crippen molar-refractivity contribution in [3.8, 4) is 11.4 Å². The molecule has 1 amide bonds. The molecule has 0 unspecified atom stereocenters. The van der Waals surface area contributed by atoms with Gasteiger partial charge in [0.15, 0.2) is 5.82 Å². The molecule has 0 radical (unpaired) electrons. The van der Waals surface area contributed by atoms with Gasteiger partial charge in [0.25, 0.3) is 0 Å². The first-order valence-corrected chi connectivity index (χ1v) is 9.13. The van der Waals surface area contributed by atoms with Crippen molar-refractivity contribution in [2.75, 3.05) is 11.2 Å². The fourth-order valence-corrected chi connectivity index (χ4v) is 3.21. The maximum Gasteiger partial charge on any atom is 0.237 e. The van der Waals surface area contributed by atoms with Gasteiger partial charge < -0.3 is 11.2 Å². The molecule has 0 aliphatic carbocycles. The number of hydrogen-bond donors (Lipinski definition) is 2. The zero-order valence-corrected chi connectivity index (χ0v) is 15.7. The number of nitrogens with zero attached hydrogens (tertiary/aromatic N) is 3. The standard InChI is InChI=1S/C19H21N5OS/c1-12-7-9-15(10-8-12)17-22-23-19(24(17)20)26-14(3)18(25)21-16-6-4-5-13(2)11-16/h4-11,14H,20H2,1-3H3,(H,21,25)/t14-/m1/s1. The Bertz CT molecular complexity index is 920. The summed E-state index contributed by atoms with van der Waals surface area (Å²) >= 11 is 1.27. The number of amides is 1. The monoisotopic (exact) mass is 367 g/mol. The zero-order chi connectivity index (χ0) is 18.7. The SMILES string of the molecule is Cc1ccc(-c2nnc(S[C@H](C)C(=O)Nc3cccc(C)c3)n2N)cc1. The topological polar surface area (TPSA) is 85.8 Å². The molecule has 7 heteroatoms. The summed E-state index contributed by atoms with van der Waals surface area (Å²) in [6.45, 7) is 5.82. The number of carbonyl (C=O) groups is 1. The summed E-state index contributed by atoms with van der Waals surface area (Å²) in [7, 11) is 0. The number of nitrogens with one attached hydrogen (secondary N) is 1. The molecule has 26 heavy (non-hydrogen) atoms. The van der Waals surface area contributed by atoms with E-state index >= 15 is 0 Å². The fraction of sp³-hybridized carbons (Fsp3) is 0.211. The van der Waals surface area contributed by atoms with Crippen LogP contribution in [0, 0.1) is 13.8 Å². The normalized spacial score (nSPS) is 12.0. The van der Waals surface area contributed by atoms with Crippen LogP contribution in [0.25, 0.3) is 11.4 Å². The number of carbonyl (C=O) groups excluding carboxylic acids is 1. The highest BCUT2D eigenvalue weighted by atomic mass is 32.2. The quantitative estimate of drug-likeness (QED) is 0.533. The first kappa shape index (κ1) is 18.0. The molecule has 0 bridgehead atoms. The van der Waals surface area contributed by atoms with Crippen LogP contribution in [0.1, 0.15) is 18.1 Å². The van der Waals surface area contributed by atoms with E-state index in [2.05, 4.69) is 15.5 Å². The van der Waals surface area contributed by atoms with Gasteiger partial charge in [-0.1, -0.05) is 53.7 Å². The number of anilines is 1. The summed E-state index contributed by atoms with van der Waals surface area (Å²) in [4.78, 5) is 12.4. The Kier molecular flexibility index (Phi) is 5.27. The first-order valence-electron chi connectivity index (χ1n) is 8.26. The number of hydrogen-bond acceptors (Lipinski definition) is 5. The number of benzene rings is 2. The van der Waals surface area contributed by atoms with Crippen molar-refractivity contribution in [1.82, 2.24) is 14.9 Å². The molecule has 6 nitrogen and oxygen atoms in total. The molecule has 134 valence electrons. The van der Waals surface area contributed by atoms with Crippen LogP contribution >= 0.6 is 11.8 Å². The van der Waals surface area contributed by atoms with Crippen molar-refractivity contribution >= 4 is 23.4 Å². The van der Waals surface area contributed by atoms with E-state index in [9.17, 15) is 4.79 Å². The Labute approximate surface area is 156 Å². The van der Waals surface area contributed by atoms with Gasteiger partial charge in [-0.15, -0.1) is 10.2 Å². The Balaban J connectivity index is 1.70. The molecule has 0 aliphatic heterocycles. The van der Waals surface area contributed by atoms with Crippen LogP contribution in [0.3, 0.4) is 0 Å². The van der Waals surface area contributed by atoms with E-state index in [4.69, 9.17) is 5.84 Å². The summed E-state index contributed by atoms with van der Waals surface area (Å²) in [5.41, 5.74) is 3.91. The fourth-order valence-electron chi connectivity index (χ4n) is 2.44. The van der Waals surface area contributed by atoms with Crippen LogP contribution in [0.5, 0.6) is 0 Å². The lowest BCUT2D eigenvalue weighted by Crippen LogP contribution is -2.23. The second-order valence-electron chi connectivity index (χ2n) is 6.16. The highest BCUT2D eigenvalue weighted by Crippen LogP contribution is 2.25. The van der Waals surface area contributed by atoms with Crippen molar-refractivity contribution in [2.45, 2.75) is 31.2 Å². The van der Waals surface area contributed by atoms with E-state index in [0.29, 0.717) is 11.0 Å². The predicted molar refractivity (Wildman–Crippen MR) is 105 cm³/mol. The molecule has 0 spiro atoms. The van der Waals surface area contributed by atoms with Crippen LogP contribution < -0.4 is 11.2 Å². The Morgan fingerprint density at radius 1 is 1.12 bits per heavy atom. The van der Waals surface area contributed by atoms with Gasteiger partial charge in [0, 0.05) is 11.3 Å². The summed E-state index contributed by atoms with van der Waals surface area (Å²) in [5.74, 6) is 6.59. The van der Waals surface area contributed by atoms with Crippen LogP contribution in [-0.4, -0.2) is 26.0 Å². The molecule has 3 N–H and O–H groups in total. The van der Waals surface area contributed by atoms with Crippen LogP contribution in [0.2, 0.25) is 0 Å². The Morgan fingerprint density at radius 2 is 1.85 bits per heavy atom. The first-order chi connectivity index (χ1) is 12.4. The van der Waals surface area contributed by atoms with Gasteiger partial charge in [0.05, 0.1) is 5.25 Å². The van der Waals surface area contributed by atoms with E-state index in [1.165, 1.54) is 16.4 Å². The third kappa shape index (κ3) is 4.05. The average Bonchev–Trinajstić information content (AvgIpc) is 2.96. The predicted octanol–water partition coefficient (Wildman–Crippen LogP) is 3.40. The van der Waals surface area contributed by atoms with Crippen molar-refractivity contribution in [2.24, 2.45) is 0 Å². The van der Waals surface area contributed by atoms with Crippen molar-refractivity contribution in [3.63, 3.8) is 0 Å². The number of rotatable bonds is 5. The smallest absolute Gasteiger partial charge is 0.237 e. The number of nitrogen functional groups attached to an aromatic ring is 1. The molecular formula is C19H21N5OS. The lowest BCUT2D eigenvalue weighted by molar-refractivity contribution is -0.115. The molecule has 3 rings (SSSR count). The largest absolute Gasteiger partial charge is 0.335 e. The number of thioether (sulfide) groups is 1. The molecule has 1 atom stereocenters. The second kappa shape index (κ2) is 7.61. The maximum absolute atomic E-state index is 12.4. The molecule has 2 aromatic carbocycles. The van der Waals surface area contributed by atoms with Crippen LogP contribution in [-0.2, 0) is 4.79 Å². The highest BCUT2D eigenvalue weighted by Gasteiger charge is 2.20. The van der Waals surface area contributed by atoms with Gasteiger partial charge in [-0.2, -0.15) is 0 Å². The van der Waals surface area contributed by atoms with E-state index < -0.39 is 0 Å². The minimum atomic E-state index is -0.368. The summed E-state index contributed by atoms with van der Waals surface area (Å²) in [6, 6.07) is 15.6. The third-order valence-electron chi connectivity index (χ3n) is 3.91. The summed E-state index contributed by atoms with van der Waals surface area (Å²) in [5, 5.41) is 11.3. The van der Waals surface area contributed by atoms with Gasteiger partial charge in [-0.3, -0.25) is 4.79 Å². The Hall–Kier alpha value is -2.80. The number of aryl methyl sites for hydroxylation is 2. The molecule has 0 fully saturated rings. The maximum atomic E-state index is 12.4. The van der Waals surface area contributed by atoms with Gasteiger partial charge in [-0.05, 0) is 38.5 Å². The highest BCUT2D eigenvalue weighted by molar-refractivity contribution is 8.00. The van der Waals surface area contributed by atoms with Crippen molar-refractivity contribution in [1.29, 1.82) is 0 Å². The lowest BCUT2D eigenvalue weighted by atomic mass is 10.1. The average molecular weight is 367 g/mol. The van der Waals surface area contributed by atoms with E-state index in [1.54, 1.807) is 0 Å². The van der Waals surface area contributed by atoms with Crippen LogP contribution in [0.4, 0.5) is 5.69 Å². The summed E-state index contributed by atoms with van der Waals surface area (Å²) < 4.78 is 1.42. The van der Waals surface area contributed by atoms with Crippen LogP contribution in [0.15, 0.2) is 53.7 Å².